The van der Waals surface area contributed by atoms with Gasteiger partial charge >= 0.3 is 6.72 Å². The lowest BCUT2D eigenvalue weighted by Gasteiger charge is -2.42. The first-order valence-corrected chi connectivity index (χ1v) is 18.1. The summed E-state index contributed by atoms with van der Waals surface area (Å²) in [5, 5.41) is 39.2. The highest BCUT2D eigenvalue weighted by atomic mass is 32.5. The first-order chi connectivity index (χ1) is 21.4. The molecule has 0 aromatic carbocycles. The van der Waals surface area contributed by atoms with Crippen molar-refractivity contribution in [3.8, 4) is 0 Å². The van der Waals surface area contributed by atoms with Crippen LogP contribution in [0.4, 0.5) is 0 Å². The van der Waals surface area contributed by atoms with Crippen LogP contribution in [-0.2, 0) is 44.6 Å². The second kappa shape index (κ2) is 21.2. The van der Waals surface area contributed by atoms with Crippen LogP contribution < -0.4 is 16.0 Å². The van der Waals surface area contributed by atoms with Crippen LogP contribution in [0.2, 0.25) is 0 Å². The van der Waals surface area contributed by atoms with Gasteiger partial charge in [-0.15, -0.1) is 0 Å². The van der Waals surface area contributed by atoms with E-state index in [0.29, 0.717) is 24.5 Å². The average molecular weight is 698 g/mol. The minimum absolute atomic E-state index is 0.204. The van der Waals surface area contributed by atoms with E-state index in [1.807, 2.05) is 6.08 Å². The fraction of sp³-hybridized carbons (Fsp3) is 0.852. The monoisotopic (exact) mass is 697 g/mol. The van der Waals surface area contributed by atoms with Crippen molar-refractivity contribution < 1.29 is 53.0 Å². The molecule has 45 heavy (non-hydrogen) atoms. The van der Waals surface area contributed by atoms with Crippen molar-refractivity contribution in [1.29, 1.82) is 0 Å². The molecule has 14 nitrogen and oxygen atoms in total. The van der Waals surface area contributed by atoms with Gasteiger partial charge < -0.3 is 64.2 Å². The zero-order valence-corrected chi connectivity index (χ0v) is 28.6. The van der Waals surface area contributed by atoms with Crippen molar-refractivity contribution in [2.75, 3.05) is 47.1 Å². The fourth-order valence-electron chi connectivity index (χ4n) is 5.02. The van der Waals surface area contributed by atoms with E-state index in [1.54, 1.807) is 7.11 Å². The lowest BCUT2D eigenvalue weighted by Crippen LogP contribution is -2.64. The Balaban J connectivity index is 1.58. The SMILES string of the molecule is [B][C@@H]1O[C@H](COC)[C@H](OP(O)(=S)OC)C1C/C=C/CCCCNC(=S)NCCCCO[C@@H]1O[C@H](CO)[C@H](O)[C@H](O)[C@H]1NC(C)=O. The molecule has 2 aliphatic heterocycles. The van der Waals surface area contributed by atoms with Crippen LogP contribution in [-0.4, -0.2) is 135 Å². The van der Waals surface area contributed by atoms with Gasteiger partial charge in [-0.1, -0.05) is 12.2 Å². The van der Waals surface area contributed by atoms with E-state index in [0.717, 1.165) is 32.2 Å². The number of thiocarbonyl (C=S) groups is 1. The number of nitrogens with one attached hydrogen (secondary N) is 3. The Kier molecular flexibility index (Phi) is 19.1. The molecule has 2 heterocycles. The van der Waals surface area contributed by atoms with Crippen LogP contribution in [0.5, 0.6) is 0 Å². The Labute approximate surface area is 277 Å². The highest BCUT2D eigenvalue weighted by molar-refractivity contribution is 8.07. The van der Waals surface area contributed by atoms with E-state index in [1.165, 1.54) is 14.0 Å². The molecule has 0 aliphatic carbocycles. The van der Waals surface area contributed by atoms with Gasteiger partial charge in [-0.05, 0) is 62.5 Å². The Bertz CT molecular complexity index is 975. The van der Waals surface area contributed by atoms with Gasteiger partial charge in [-0.2, -0.15) is 0 Å². The number of rotatable bonds is 20. The molecular weight excluding hydrogens is 648 g/mol. The lowest BCUT2D eigenvalue weighted by molar-refractivity contribution is -0.270. The predicted octanol–water partition coefficient (Wildman–Crippen LogP) is -0.288. The minimum atomic E-state index is -3.39. The summed E-state index contributed by atoms with van der Waals surface area (Å²) >= 11 is 10.4. The molecule has 1 amide bonds. The Morgan fingerprint density at radius 3 is 2.36 bits per heavy atom. The quantitative estimate of drug-likeness (QED) is 0.0289. The van der Waals surface area contributed by atoms with E-state index < -0.39 is 68.1 Å². The number of aliphatic hydroxyl groups is 3. The molecule has 258 valence electrons. The maximum Gasteiger partial charge on any atom is 0.324 e. The van der Waals surface area contributed by atoms with Crippen LogP contribution in [0.3, 0.4) is 0 Å². The van der Waals surface area contributed by atoms with Gasteiger partial charge in [0.05, 0.1) is 13.2 Å². The first-order valence-electron chi connectivity index (χ1n) is 15.1. The molecule has 10 atom stereocenters. The average Bonchev–Trinajstić information content (AvgIpc) is 3.27. The van der Waals surface area contributed by atoms with Gasteiger partial charge in [0.2, 0.25) is 5.91 Å². The molecule has 2 fully saturated rings. The van der Waals surface area contributed by atoms with Gasteiger partial charge in [0.25, 0.3) is 0 Å². The summed E-state index contributed by atoms with van der Waals surface area (Å²) in [7, 11) is 9.04. The summed E-state index contributed by atoms with van der Waals surface area (Å²) in [4.78, 5) is 21.7. The summed E-state index contributed by atoms with van der Waals surface area (Å²) in [6, 6.07) is -1.53. The van der Waals surface area contributed by atoms with E-state index in [2.05, 4.69) is 22.0 Å². The van der Waals surface area contributed by atoms with Crippen LogP contribution in [0.15, 0.2) is 12.2 Å². The standard InChI is InChI=1S/C27H49BN3O11PS2/c1-17(33)31-21-23(35)22(34)19(15-32)41-26(21)39-14-10-9-13-30-27(44)29-12-8-6-4-5-7-11-18-24(42-43(36,45)38-3)20(16-37-2)40-25(18)28/h5,7,18-26,32,34-35H,4,6,8-16H2,1-3H3,(H,31,33)(H,36,45)(H2,29,30,44)/b7-5+/t18?,19-,20-,21-,22+,23-,24-,25-,26-,43?/m1/s1. The molecule has 0 aromatic rings. The van der Waals surface area contributed by atoms with Crippen LogP contribution in [0.25, 0.3) is 0 Å². The van der Waals surface area contributed by atoms with Gasteiger partial charge in [-0.25, -0.2) is 0 Å². The van der Waals surface area contributed by atoms with Crippen molar-refractivity contribution >= 4 is 49.6 Å². The third kappa shape index (κ3) is 14.1. The van der Waals surface area contributed by atoms with Crippen molar-refractivity contribution in [2.45, 2.75) is 94.3 Å². The summed E-state index contributed by atoms with van der Waals surface area (Å²) in [6.45, 7) is -0.706. The molecule has 7 N–H and O–H groups in total. The Morgan fingerprint density at radius 1 is 1.04 bits per heavy atom. The molecule has 0 bridgehead atoms. The molecule has 2 saturated heterocycles. The van der Waals surface area contributed by atoms with Crippen LogP contribution >= 0.6 is 18.9 Å². The normalized spacial score (nSPS) is 31.5. The molecular formula is C27H49BN3O11PS2. The zero-order chi connectivity index (χ0) is 33.4. The lowest BCUT2D eigenvalue weighted by atomic mass is 9.82. The second-order valence-electron chi connectivity index (χ2n) is 10.9. The number of carbonyl (C=O) groups excluding carboxylic acids is 1. The number of allylic oxidation sites excluding steroid dienone is 2. The number of hydrogen-bond donors (Lipinski definition) is 7. The summed E-state index contributed by atoms with van der Waals surface area (Å²) in [5.74, 6) is -0.606. The van der Waals surface area contributed by atoms with Gasteiger partial charge in [0.15, 0.2) is 11.4 Å². The van der Waals surface area contributed by atoms with Gasteiger partial charge in [0, 0.05) is 52.8 Å². The fourth-order valence-corrected chi connectivity index (χ4v) is 6.20. The number of unbranched alkanes of at least 4 members (excludes halogenated alkanes) is 3. The molecule has 2 aliphatic rings. The van der Waals surface area contributed by atoms with Crippen molar-refractivity contribution in [1.82, 2.24) is 16.0 Å². The number of methoxy groups -OCH3 is 1. The first kappa shape index (κ1) is 40.4. The molecule has 2 unspecified atom stereocenters. The van der Waals surface area contributed by atoms with Crippen molar-refractivity contribution in [3.63, 3.8) is 0 Å². The largest absolute Gasteiger partial charge is 0.394 e. The van der Waals surface area contributed by atoms with E-state index >= 15 is 0 Å². The van der Waals surface area contributed by atoms with Gasteiger partial charge in [-0.3, -0.25) is 4.79 Å². The summed E-state index contributed by atoms with van der Waals surface area (Å²) < 4.78 is 32.9. The third-order valence-corrected chi connectivity index (χ3v) is 9.37. The number of amides is 1. The van der Waals surface area contributed by atoms with Crippen LogP contribution in [0, 0.1) is 5.92 Å². The summed E-state index contributed by atoms with van der Waals surface area (Å²) in [6.07, 6.45) is 3.17. The molecule has 2 rings (SSSR count). The number of hydrogen-bond acceptors (Lipinski definition) is 12. The minimum Gasteiger partial charge on any atom is -0.394 e. The molecule has 0 aromatic heterocycles. The van der Waals surface area contributed by atoms with Crippen LogP contribution in [0.1, 0.15) is 45.4 Å². The second-order valence-corrected chi connectivity index (χ2v) is 14.2. The molecule has 0 spiro atoms. The maximum atomic E-state index is 11.5. The van der Waals surface area contributed by atoms with E-state index in [-0.39, 0.29) is 19.1 Å². The Hall–Kier alpha value is -0.785. The van der Waals surface area contributed by atoms with Crippen molar-refractivity contribution in [3.05, 3.63) is 12.2 Å². The smallest absolute Gasteiger partial charge is 0.324 e. The Morgan fingerprint density at radius 2 is 1.73 bits per heavy atom. The van der Waals surface area contributed by atoms with E-state index in [4.69, 9.17) is 59.9 Å². The number of carbonyl (C=O) groups is 1. The number of ether oxygens (including phenoxy) is 4. The highest BCUT2D eigenvalue weighted by Gasteiger charge is 2.46. The number of aliphatic hydroxyl groups excluding tert-OH is 3. The highest BCUT2D eigenvalue weighted by Crippen LogP contribution is 2.48. The van der Waals surface area contributed by atoms with Gasteiger partial charge in [0.1, 0.15) is 44.4 Å². The van der Waals surface area contributed by atoms with E-state index in [9.17, 15) is 25.0 Å². The molecule has 0 saturated carbocycles. The maximum absolute atomic E-state index is 11.5. The predicted molar refractivity (Wildman–Crippen MR) is 175 cm³/mol. The zero-order valence-electron chi connectivity index (χ0n) is 26.1. The third-order valence-electron chi connectivity index (χ3n) is 7.41. The summed E-state index contributed by atoms with van der Waals surface area (Å²) in [5.41, 5.74) is 0. The topological polar surface area (TPSA) is 189 Å². The molecule has 2 radical (unpaired) electrons. The van der Waals surface area contributed by atoms with Crippen molar-refractivity contribution in [2.24, 2.45) is 5.92 Å². The molecule has 18 heteroatoms.